The van der Waals surface area contributed by atoms with Crippen LogP contribution in [0.3, 0.4) is 0 Å². The van der Waals surface area contributed by atoms with Crippen LogP contribution in [0.4, 0.5) is 0 Å². The van der Waals surface area contributed by atoms with Gasteiger partial charge in [-0.1, -0.05) is 30.7 Å². The topological polar surface area (TPSA) is 50.1 Å². The van der Waals surface area contributed by atoms with Crippen molar-refractivity contribution in [3.63, 3.8) is 0 Å². The zero-order chi connectivity index (χ0) is 18.9. The van der Waals surface area contributed by atoms with E-state index in [4.69, 9.17) is 0 Å². The first-order valence-electron chi connectivity index (χ1n) is 9.90. The van der Waals surface area contributed by atoms with Crippen molar-refractivity contribution in [2.45, 2.75) is 58.0 Å². The lowest BCUT2D eigenvalue weighted by molar-refractivity contribution is 0.0563. The number of allylic oxidation sites excluding steroid dienone is 2. The minimum absolute atomic E-state index is 0.541. The molecule has 2 aliphatic rings. The molecule has 1 aliphatic carbocycles. The quantitative estimate of drug-likeness (QED) is 0.774. The van der Waals surface area contributed by atoms with E-state index in [1.807, 2.05) is 48.1 Å². The minimum atomic E-state index is -0.914. The highest BCUT2D eigenvalue weighted by Gasteiger charge is 2.37. The molecule has 4 rings (SSSR count). The Balaban J connectivity index is 1.42. The number of hydrogen-bond donors (Lipinski definition) is 2. The SMILES string of the molecule is CC1(CC2=CNC(CC(C)(O)c3ccc(-n4cccn4)cc3)=CCC2)CC1. The molecule has 1 aliphatic heterocycles. The van der Waals surface area contributed by atoms with Crippen molar-refractivity contribution in [1.82, 2.24) is 15.1 Å². The highest BCUT2D eigenvalue weighted by molar-refractivity contribution is 5.36. The number of nitrogens with zero attached hydrogens (tertiary/aromatic N) is 2. The maximum atomic E-state index is 11.1. The molecular weight excluding hydrogens is 334 g/mol. The molecule has 142 valence electrons. The summed E-state index contributed by atoms with van der Waals surface area (Å²) in [5, 5.41) is 18.8. The number of aliphatic hydroxyl groups is 1. The lowest BCUT2D eigenvalue weighted by Crippen LogP contribution is -2.25. The van der Waals surface area contributed by atoms with Crippen LogP contribution in [0, 0.1) is 5.41 Å². The summed E-state index contributed by atoms with van der Waals surface area (Å²) in [5.74, 6) is 0. The van der Waals surface area contributed by atoms with E-state index in [0.29, 0.717) is 11.8 Å². The monoisotopic (exact) mass is 363 g/mol. The number of rotatable bonds is 6. The van der Waals surface area contributed by atoms with Crippen molar-refractivity contribution < 1.29 is 5.11 Å². The predicted octanol–water partition coefficient (Wildman–Crippen LogP) is 4.81. The van der Waals surface area contributed by atoms with Crippen LogP contribution in [0.2, 0.25) is 0 Å². The van der Waals surface area contributed by atoms with E-state index in [-0.39, 0.29) is 0 Å². The molecule has 1 aromatic carbocycles. The van der Waals surface area contributed by atoms with Gasteiger partial charge >= 0.3 is 0 Å². The smallest absolute Gasteiger partial charge is 0.0922 e. The largest absolute Gasteiger partial charge is 0.385 e. The fraction of sp³-hybridized carbons (Fsp3) is 0.435. The number of nitrogens with one attached hydrogen (secondary N) is 1. The second-order valence-corrected chi connectivity index (χ2v) is 8.65. The first-order chi connectivity index (χ1) is 12.9. The molecule has 1 fully saturated rings. The summed E-state index contributed by atoms with van der Waals surface area (Å²) < 4.78 is 1.82. The van der Waals surface area contributed by atoms with Gasteiger partial charge in [0.15, 0.2) is 0 Å². The molecule has 2 N–H and O–H groups in total. The highest BCUT2D eigenvalue weighted by atomic mass is 16.3. The Morgan fingerprint density at radius 3 is 2.70 bits per heavy atom. The van der Waals surface area contributed by atoms with E-state index in [1.54, 1.807) is 6.20 Å². The predicted molar refractivity (Wildman–Crippen MR) is 108 cm³/mol. The van der Waals surface area contributed by atoms with E-state index in [2.05, 4.69) is 29.6 Å². The maximum absolute atomic E-state index is 11.1. The summed E-state index contributed by atoms with van der Waals surface area (Å²) in [6.45, 7) is 4.27. The average molecular weight is 364 g/mol. The molecule has 0 saturated heterocycles. The first-order valence-corrected chi connectivity index (χ1v) is 9.90. The fourth-order valence-electron chi connectivity index (χ4n) is 3.83. The summed E-state index contributed by atoms with van der Waals surface area (Å²) in [6, 6.07) is 9.88. The van der Waals surface area contributed by atoms with Gasteiger partial charge in [0.2, 0.25) is 0 Å². The van der Waals surface area contributed by atoms with E-state index in [9.17, 15) is 5.11 Å². The van der Waals surface area contributed by atoms with Gasteiger partial charge in [-0.3, -0.25) is 0 Å². The molecular formula is C23H29N3O. The maximum Gasteiger partial charge on any atom is 0.0922 e. The molecule has 1 aromatic heterocycles. The van der Waals surface area contributed by atoms with Crippen molar-refractivity contribution in [3.05, 3.63) is 71.8 Å². The van der Waals surface area contributed by atoms with Gasteiger partial charge in [-0.15, -0.1) is 0 Å². The van der Waals surface area contributed by atoms with Crippen LogP contribution in [-0.2, 0) is 5.60 Å². The van der Waals surface area contributed by atoms with Gasteiger partial charge in [0.1, 0.15) is 0 Å². The van der Waals surface area contributed by atoms with Gasteiger partial charge in [-0.2, -0.15) is 5.10 Å². The van der Waals surface area contributed by atoms with Crippen LogP contribution in [0.1, 0.15) is 57.9 Å². The molecule has 0 amide bonds. The average Bonchev–Trinajstić information content (AvgIpc) is 3.19. The van der Waals surface area contributed by atoms with Crippen LogP contribution >= 0.6 is 0 Å². The molecule has 1 unspecified atom stereocenters. The molecule has 2 heterocycles. The van der Waals surface area contributed by atoms with Crippen LogP contribution in [0.25, 0.3) is 5.69 Å². The Morgan fingerprint density at radius 2 is 2.04 bits per heavy atom. The third kappa shape index (κ3) is 4.33. The second-order valence-electron chi connectivity index (χ2n) is 8.65. The molecule has 1 atom stereocenters. The van der Waals surface area contributed by atoms with Gasteiger partial charge < -0.3 is 10.4 Å². The zero-order valence-electron chi connectivity index (χ0n) is 16.3. The Bertz CT molecular complexity index is 840. The van der Waals surface area contributed by atoms with E-state index >= 15 is 0 Å². The molecule has 4 nitrogen and oxygen atoms in total. The first kappa shape index (κ1) is 18.1. The third-order valence-corrected chi connectivity index (χ3v) is 5.87. The molecule has 1 saturated carbocycles. The third-order valence-electron chi connectivity index (χ3n) is 5.87. The summed E-state index contributed by atoms with van der Waals surface area (Å²) in [5.41, 5.74) is 4.14. The Labute approximate surface area is 161 Å². The lowest BCUT2D eigenvalue weighted by atomic mass is 9.90. The van der Waals surface area contributed by atoms with Gasteiger partial charge in [-0.25, -0.2) is 4.68 Å². The Kier molecular flexibility index (Phi) is 4.68. The van der Waals surface area contributed by atoms with E-state index < -0.39 is 5.60 Å². The van der Waals surface area contributed by atoms with Crippen molar-refractivity contribution in [2.24, 2.45) is 5.41 Å². The number of benzene rings is 1. The van der Waals surface area contributed by atoms with Crippen LogP contribution < -0.4 is 5.32 Å². The molecule has 0 spiro atoms. The van der Waals surface area contributed by atoms with Crippen molar-refractivity contribution in [3.8, 4) is 5.69 Å². The van der Waals surface area contributed by atoms with Gasteiger partial charge in [0.25, 0.3) is 0 Å². The van der Waals surface area contributed by atoms with Crippen LogP contribution in [0.5, 0.6) is 0 Å². The number of hydrogen-bond acceptors (Lipinski definition) is 3. The molecule has 0 bridgehead atoms. The summed E-state index contributed by atoms with van der Waals surface area (Å²) >= 11 is 0. The Morgan fingerprint density at radius 1 is 1.26 bits per heavy atom. The highest BCUT2D eigenvalue weighted by Crippen LogP contribution is 2.50. The summed E-state index contributed by atoms with van der Waals surface area (Å²) in [6.07, 6.45) is 14.7. The molecule has 0 radical (unpaired) electrons. The van der Waals surface area contributed by atoms with Crippen LogP contribution in [-0.4, -0.2) is 14.9 Å². The fourth-order valence-corrected chi connectivity index (χ4v) is 3.83. The second kappa shape index (κ2) is 7.01. The van der Waals surface area contributed by atoms with Gasteiger partial charge in [-0.05, 0) is 74.4 Å². The molecule has 27 heavy (non-hydrogen) atoms. The van der Waals surface area contributed by atoms with Gasteiger partial charge in [0.05, 0.1) is 11.3 Å². The molecule has 2 aromatic rings. The van der Waals surface area contributed by atoms with E-state index in [0.717, 1.165) is 29.8 Å². The molecule has 4 heteroatoms. The van der Waals surface area contributed by atoms with Crippen molar-refractivity contribution in [1.29, 1.82) is 0 Å². The lowest BCUT2D eigenvalue weighted by Gasteiger charge is -2.25. The summed E-state index contributed by atoms with van der Waals surface area (Å²) in [4.78, 5) is 0. The van der Waals surface area contributed by atoms with Gasteiger partial charge in [0, 0.05) is 24.5 Å². The van der Waals surface area contributed by atoms with Crippen LogP contribution in [0.15, 0.2) is 66.3 Å². The van der Waals surface area contributed by atoms with E-state index in [1.165, 1.54) is 24.8 Å². The zero-order valence-corrected chi connectivity index (χ0v) is 16.3. The normalized spacial score (nSPS) is 20.7. The standard InChI is InChI=1S/C23H29N3O/c1-22(11-12-22)15-18-5-3-6-20(24-17-18)16-23(2,27)19-7-9-21(10-8-19)26-14-4-13-25-26/h4,6-10,13-14,17,24,27H,3,5,11-12,15-16H2,1-2H3. The number of aromatic nitrogens is 2. The Hall–Kier alpha value is -2.33. The van der Waals surface area contributed by atoms with Crippen molar-refractivity contribution >= 4 is 0 Å². The minimum Gasteiger partial charge on any atom is -0.385 e. The summed E-state index contributed by atoms with van der Waals surface area (Å²) in [7, 11) is 0. The van der Waals surface area contributed by atoms with Crippen molar-refractivity contribution in [2.75, 3.05) is 0 Å².